The number of halogens is 3. The second-order valence-electron chi connectivity index (χ2n) is 5.28. The molecule has 0 saturated carbocycles. The van der Waals surface area contributed by atoms with E-state index in [1.54, 1.807) is 29.5 Å². The Morgan fingerprint density at radius 3 is 2.62 bits per heavy atom. The molecule has 3 rings (SSSR count). The third-order valence-electron chi connectivity index (χ3n) is 3.73. The maximum absolute atomic E-state index is 12.2. The van der Waals surface area contributed by atoms with Crippen LogP contribution in [0.25, 0.3) is 10.2 Å². The van der Waals surface area contributed by atoms with E-state index < -0.39 is 0 Å². The van der Waals surface area contributed by atoms with Crippen molar-refractivity contribution in [3.63, 3.8) is 0 Å². The molecule has 0 bridgehead atoms. The fourth-order valence-corrected chi connectivity index (χ4v) is 3.45. The van der Waals surface area contributed by atoms with Crippen LogP contribution in [0.5, 0.6) is 0 Å². The number of ketones is 1. The van der Waals surface area contributed by atoms with Crippen LogP contribution in [-0.4, -0.2) is 17.3 Å². The Labute approximate surface area is 164 Å². The number of nitrogens with zero attached hydrogens (tertiary/aromatic N) is 1. The van der Waals surface area contributed by atoms with Gasteiger partial charge in [-0.15, -0.1) is 17.0 Å². The number of fused-ring (bicyclic) bond motifs is 1. The SMILES string of the molecule is Br.Cc1ccc2sc(NCC(=O)c3ccc(Cl)c(Cl)c3)nc2c1C. The van der Waals surface area contributed by atoms with Crippen LogP contribution in [0.2, 0.25) is 10.0 Å². The van der Waals surface area contributed by atoms with Gasteiger partial charge in [0.05, 0.1) is 26.8 Å². The van der Waals surface area contributed by atoms with E-state index in [9.17, 15) is 4.79 Å². The third kappa shape index (κ3) is 3.91. The van der Waals surface area contributed by atoms with Crippen molar-refractivity contribution in [2.45, 2.75) is 13.8 Å². The average Bonchev–Trinajstić information content (AvgIpc) is 2.95. The first-order chi connectivity index (χ1) is 11.0. The molecule has 3 nitrogen and oxygen atoms in total. The summed E-state index contributed by atoms with van der Waals surface area (Å²) in [6.07, 6.45) is 0. The highest BCUT2D eigenvalue weighted by Crippen LogP contribution is 2.29. The highest BCUT2D eigenvalue weighted by atomic mass is 79.9. The fraction of sp³-hybridized carbons (Fsp3) is 0.176. The molecule has 126 valence electrons. The van der Waals surface area contributed by atoms with E-state index in [0.717, 1.165) is 15.3 Å². The number of rotatable bonds is 4. The second kappa shape index (κ2) is 7.83. The molecule has 0 spiro atoms. The van der Waals surface area contributed by atoms with Crippen LogP contribution < -0.4 is 5.32 Å². The van der Waals surface area contributed by atoms with E-state index in [1.165, 1.54) is 11.1 Å². The number of hydrogen-bond donors (Lipinski definition) is 1. The van der Waals surface area contributed by atoms with Crippen LogP contribution in [-0.2, 0) is 0 Å². The molecule has 0 aliphatic carbocycles. The van der Waals surface area contributed by atoms with Gasteiger partial charge in [0.15, 0.2) is 10.9 Å². The van der Waals surface area contributed by atoms with Gasteiger partial charge >= 0.3 is 0 Å². The standard InChI is InChI=1S/C17H14Cl2N2OS.BrH/c1-9-3-6-15-16(10(9)2)21-17(23-15)20-8-14(22)11-4-5-12(18)13(19)7-11;/h3-7H,8H2,1-2H3,(H,20,21);1H. The Hall–Kier alpha value is -1.14. The van der Waals surface area contributed by atoms with Gasteiger partial charge in [0.2, 0.25) is 0 Å². The molecule has 0 radical (unpaired) electrons. The molecule has 0 aliphatic rings. The minimum Gasteiger partial charge on any atom is -0.354 e. The largest absolute Gasteiger partial charge is 0.354 e. The molecule has 2 aromatic carbocycles. The molecule has 0 aliphatic heterocycles. The second-order valence-corrected chi connectivity index (χ2v) is 7.12. The summed E-state index contributed by atoms with van der Waals surface area (Å²) in [4.78, 5) is 16.8. The van der Waals surface area contributed by atoms with Gasteiger partial charge in [0.1, 0.15) is 0 Å². The van der Waals surface area contributed by atoms with E-state index in [0.29, 0.717) is 15.6 Å². The minimum atomic E-state index is -0.0595. The van der Waals surface area contributed by atoms with E-state index in [-0.39, 0.29) is 29.3 Å². The molecule has 3 aromatic rings. The summed E-state index contributed by atoms with van der Waals surface area (Å²) < 4.78 is 1.11. The predicted octanol–water partition coefficient (Wildman–Crippen LogP) is 6.09. The van der Waals surface area contributed by atoms with Gasteiger partial charge in [-0.25, -0.2) is 4.98 Å². The van der Waals surface area contributed by atoms with Gasteiger partial charge in [-0.2, -0.15) is 0 Å². The zero-order chi connectivity index (χ0) is 16.6. The molecule has 0 amide bonds. The van der Waals surface area contributed by atoms with Crippen molar-refractivity contribution in [2.75, 3.05) is 11.9 Å². The number of Topliss-reactive ketones (excluding diaryl/α,β-unsaturated/α-hetero) is 1. The quantitative estimate of drug-likeness (QED) is 0.493. The highest BCUT2D eigenvalue weighted by Gasteiger charge is 2.11. The number of nitrogens with one attached hydrogen (secondary N) is 1. The lowest BCUT2D eigenvalue weighted by molar-refractivity contribution is 0.101. The lowest BCUT2D eigenvalue weighted by atomic mass is 10.1. The Bertz CT molecular complexity index is 911. The van der Waals surface area contributed by atoms with E-state index in [2.05, 4.69) is 36.3 Å². The van der Waals surface area contributed by atoms with E-state index in [4.69, 9.17) is 23.2 Å². The number of carbonyl (C=O) groups is 1. The van der Waals surface area contributed by atoms with Crippen molar-refractivity contribution in [2.24, 2.45) is 0 Å². The molecule has 1 aromatic heterocycles. The van der Waals surface area contributed by atoms with Crippen LogP contribution in [0, 0.1) is 13.8 Å². The number of anilines is 1. The first kappa shape index (κ1) is 19.2. The van der Waals surface area contributed by atoms with Crippen molar-refractivity contribution in [1.82, 2.24) is 4.98 Å². The maximum atomic E-state index is 12.2. The van der Waals surface area contributed by atoms with Gasteiger partial charge in [-0.1, -0.05) is 40.6 Å². The number of aromatic nitrogens is 1. The van der Waals surface area contributed by atoms with Crippen LogP contribution in [0.1, 0.15) is 21.5 Å². The zero-order valence-electron chi connectivity index (χ0n) is 13.0. The van der Waals surface area contributed by atoms with Crippen molar-refractivity contribution in [3.05, 3.63) is 57.1 Å². The maximum Gasteiger partial charge on any atom is 0.184 e. The van der Waals surface area contributed by atoms with Gasteiger partial charge < -0.3 is 5.32 Å². The van der Waals surface area contributed by atoms with E-state index in [1.807, 2.05) is 0 Å². The number of aryl methyl sites for hydroxylation is 2. The molecular formula is C17H15BrCl2N2OS. The third-order valence-corrected chi connectivity index (χ3v) is 5.44. The highest BCUT2D eigenvalue weighted by molar-refractivity contribution is 8.93. The number of hydrogen-bond acceptors (Lipinski definition) is 4. The predicted molar refractivity (Wildman–Crippen MR) is 109 cm³/mol. The van der Waals surface area contributed by atoms with Crippen molar-refractivity contribution in [3.8, 4) is 0 Å². The summed E-state index contributed by atoms with van der Waals surface area (Å²) in [6, 6.07) is 9.02. The number of thiazole rings is 1. The molecule has 1 heterocycles. The molecule has 0 atom stereocenters. The van der Waals surface area contributed by atoms with Gasteiger partial charge in [-0.3, -0.25) is 4.79 Å². The number of carbonyl (C=O) groups excluding carboxylic acids is 1. The van der Waals surface area contributed by atoms with Crippen LogP contribution in [0.4, 0.5) is 5.13 Å². The monoisotopic (exact) mass is 444 g/mol. The normalized spacial score (nSPS) is 10.5. The van der Waals surface area contributed by atoms with Crippen molar-refractivity contribution >= 4 is 72.7 Å². The smallest absolute Gasteiger partial charge is 0.184 e. The fourth-order valence-electron chi connectivity index (χ4n) is 2.23. The van der Waals surface area contributed by atoms with Gasteiger partial charge in [0.25, 0.3) is 0 Å². The van der Waals surface area contributed by atoms with Gasteiger partial charge in [-0.05, 0) is 49.2 Å². The summed E-state index contributed by atoms with van der Waals surface area (Å²) in [5, 5.41) is 4.65. The van der Waals surface area contributed by atoms with Crippen LogP contribution in [0.15, 0.2) is 30.3 Å². The molecule has 0 fully saturated rings. The summed E-state index contributed by atoms with van der Waals surface area (Å²) in [6.45, 7) is 4.28. The Kier molecular flexibility index (Phi) is 6.26. The first-order valence-corrected chi connectivity index (χ1v) is 8.62. The van der Waals surface area contributed by atoms with Crippen LogP contribution >= 0.6 is 51.5 Å². The molecule has 0 unspecified atom stereocenters. The van der Waals surface area contributed by atoms with E-state index >= 15 is 0 Å². The molecule has 1 N–H and O–H groups in total. The lowest BCUT2D eigenvalue weighted by Gasteiger charge is -2.03. The average molecular weight is 446 g/mol. The summed E-state index contributed by atoms with van der Waals surface area (Å²) in [5.41, 5.74) is 3.89. The van der Waals surface area contributed by atoms with Crippen molar-refractivity contribution < 1.29 is 4.79 Å². The first-order valence-electron chi connectivity index (χ1n) is 7.04. The van der Waals surface area contributed by atoms with Crippen LogP contribution in [0.3, 0.4) is 0 Å². The summed E-state index contributed by atoms with van der Waals surface area (Å²) >= 11 is 13.4. The minimum absolute atomic E-state index is 0. The Morgan fingerprint density at radius 2 is 1.92 bits per heavy atom. The van der Waals surface area contributed by atoms with Crippen molar-refractivity contribution in [1.29, 1.82) is 0 Å². The Balaban J connectivity index is 0.00000208. The molecule has 0 saturated heterocycles. The lowest BCUT2D eigenvalue weighted by Crippen LogP contribution is -2.13. The number of benzene rings is 2. The Morgan fingerprint density at radius 1 is 1.17 bits per heavy atom. The summed E-state index contributed by atoms with van der Waals surface area (Å²) in [5.74, 6) is -0.0595. The molecule has 7 heteroatoms. The molecular weight excluding hydrogens is 431 g/mol. The molecule has 24 heavy (non-hydrogen) atoms. The summed E-state index contributed by atoms with van der Waals surface area (Å²) in [7, 11) is 0. The van der Waals surface area contributed by atoms with Gasteiger partial charge in [0, 0.05) is 5.56 Å². The zero-order valence-corrected chi connectivity index (χ0v) is 17.1. The topological polar surface area (TPSA) is 42.0 Å².